The number of nitrogens with one attached hydrogen (secondary N) is 2. The number of aromatic nitrogens is 1. The number of fused-ring (bicyclic) bond motifs is 4. The predicted molar refractivity (Wildman–Crippen MR) is 117 cm³/mol. The van der Waals surface area contributed by atoms with Crippen LogP contribution in [0.3, 0.4) is 0 Å². The molecule has 1 aromatic carbocycles. The Morgan fingerprint density at radius 1 is 1.07 bits per heavy atom. The fraction of sp³-hybridized carbons (Fsp3) is 0.478. The lowest BCUT2D eigenvalue weighted by Gasteiger charge is -2.43. The molecular formula is C23H28ClN3O3. The average molecular weight is 430 g/mol. The maximum absolute atomic E-state index is 13.2. The van der Waals surface area contributed by atoms with Crippen LogP contribution in [0.15, 0.2) is 53.3 Å². The number of nitrogens with zero attached hydrogens (tertiary/aromatic N) is 1. The van der Waals surface area contributed by atoms with Crippen molar-refractivity contribution in [1.29, 1.82) is 0 Å². The van der Waals surface area contributed by atoms with Crippen molar-refractivity contribution in [3.8, 4) is 0 Å². The Labute approximate surface area is 182 Å². The van der Waals surface area contributed by atoms with E-state index in [1.807, 2.05) is 24.3 Å². The van der Waals surface area contributed by atoms with Gasteiger partial charge in [-0.25, -0.2) is 0 Å². The molecule has 3 atom stereocenters. The molecule has 30 heavy (non-hydrogen) atoms. The largest absolute Gasteiger partial charge is 0.373 e. The van der Waals surface area contributed by atoms with E-state index >= 15 is 0 Å². The Kier molecular flexibility index (Phi) is 6.27. The molecule has 2 aromatic rings. The van der Waals surface area contributed by atoms with Crippen LogP contribution < -0.4 is 16.2 Å². The van der Waals surface area contributed by atoms with Gasteiger partial charge in [0.2, 0.25) is 5.91 Å². The normalized spacial score (nSPS) is 29.1. The zero-order chi connectivity index (χ0) is 19.8. The first-order valence-corrected chi connectivity index (χ1v) is 10.6. The number of carbonyl (C=O) groups excluding carboxylic acids is 1. The van der Waals surface area contributed by atoms with Gasteiger partial charge in [-0.15, -0.1) is 12.4 Å². The van der Waals surface area contributed by atoms with E-state index in [0.717, 1.165) is 43.6 Å². The first-order chi connectivity index (χ1) is 14.2. The lowest BCUT2D eigenvalue weighted by molar-refractivity contribution is -0.129. The smallest absolute Gasteiger partial charge is 0.251 e. The van der Waals surface area contributed by atoms with E-state index in [-0.39, 0.29) is 41.9 Å². The van der Waals surface area contributed by atoms with Crippen molar-refractivity contribution in [1.82, 2.24) is 15.2 Å². The second kappa shape index (κ2) is 8.92. The van der Waals surface area contributed by atoms with Crippen LogP contribution in [0.1, 0.15) is 42.5 Å². The molecule has 160 valence electrons. The van der Waals surface area contributed by atoms with Gasteiger partial charge in [0.15, 0.2) is 0 Å². The SMILES string of the molecule is Cl.O=C(NC1CC(OCc2ccccc2)C1)[C@H]1[C@@H]2CNC[C@@H](C2)c2cccc(=O)n21. The van der Waals surface area contributed by atoms with Crippen molar-refractivity contribution in [3.63, 3.8) is 0 Å². The summed E-state index contributed by atoms with van der Waals surface area (Å²) in [4.78, 5) is 25.8. The minimum Gasteiger partial charge on any atom is -0.373 e. The van der Waals surface area contributed by atoms with Gasteiger partial charge in [0.05, 0.1) is 12.7 Å². The number of pyridine rings is 1. The van der Waals surface area contributed by atoms with Crippen molar-refractivity contribution < 1.29 is 9.53 Å². The molecule has 0 unspecified atom stereocenters. The first-order valence-electron chi connectivity index (χ1n) is 10.6. The second-order valence-corrected chi connectivity index (χ2v) is 8.55. The lowest BCUT2D eigenvalue weighted by atomic mass is 9.78. The van der Waals surface area contributed by atoms with Crippen LogP contribution in [0.4, 0.5) is 0 Å². The lowest BCUT2D eigenvalue weighted by Crippen LogP contribution is -2.55. The van der Waals surface area contributed by atoms with Crippen LogP contribution in [0.5, 0.6) is 0 Å². The summed E-state index contributed by atoms with van der Waals surface area (Å²) in [6, 6.07) is 15.2. The molecule has 1 saturated heterocycles. The van der Waals surface area contributed by atoms with E-state index in [2.05, 4.69) is 22.8 Å². The van der Waals surface area contributed by atoms with Gasteiger partial charge in [-0.1, -0.05) is 36.4 Å². The van der Waals surface area contributed by atoms with Gasteiger partial charge in [-0.05, 0) is 30.9 Å². The molecule has 0 spiro atoms. The van der Waals surface area contributed by atoms with Gasteiger partial charge >= 0.3 is 0 Å². The number of hydrogen-bond acceptors (Lipinski definition) is 4. The zero-order valence-corrected chi connectivity index (χ0v) is 17.6. The van der Waals surface area contributed by atoms with Crippen LogP contribution in [0.2, 0.25) is 0 Å². The van der Waals surface area contributed by atoms with E-state index < -0.39 is 6.04 Å². The standard InChI is InChI=1S/C23H27N3O3.ClH/c27-21-8-4-7-20-16-9-17(13-24-12-16)22(26(20)21)23(28)25-18-10-19(11-18)29-14-15-5-2-1-3-6-15;/h1-8,16-19,22,24H,9-14H2,(H,25,28);1H/t16-,17+,18?,19?,22-;/m1./s1. The minimum atomic E-state index is -0.424. The molecule has 5 rings (SSSR count). The summed E-state index contributed by atoms with van der Waals surface area (Å²) >= 11 is 0. The highest BCUT2D eigenvalue weighted by Crippen LogP contribution is 2.39. The highest BCUT2D eigenvalue weighted by molar-refractivity contribution is 5.85. The molecule has 3 aliphatic rings. The Balaban J connectivity index is 0.00000218. The third-order valence-corrected chi connectivity index (χ3v) is 6.59. The molecule has 1 saturated carbocycles. The second-order valence-electron chi connectivity index (χ2n) is 8.55. The van der Waals surface area contributed by atoms with Crippen molar-refractivity contribution >= 4 is 18.3 Å². The highest BCUT2D eigenvalue weighted by atomic mass is 35.5. The number of rotatable bonds is 5. The summed E-state index contributed by atoms with van der Waals surface area (Å²) in [5.74, 6) is 0.441. The molecule has 7 heteroatoms. The third-order valence-electron chi connectivity index (χ3n) is 6.59. The van der Waals surface area contributed by atoms with E-state index in [4.69, 9.17) is 4.74 Å². The molecular weight excluding hydrogens is 402 g/mol. The van der Waals surface area contributed by atoms with Gasteiger partial charge in [-0.3, -0.25) is 14.2 Å². The van der Waals surface area contributed by atoms with Gasteiger partial charge in [0.1, 0.15) is 6.04 Å². The van der Waals surface area contributed by atoms with E-state index in [9.17, 15) is 9.59 Å². The van der Waals surface area contributed by atoms with Crippen molar-refractivity contribution in [3.05, 3.63) is 70.1 Å². The molecule has 2 N–H and O–H groups in total. The number of carbonyl (C=O) groups is 1. The summed E-state index contributed by atoms with van der Waals surface area (Å²) in [6.07, 6.45) is 2.80. The van der Waals surface area contributed by atoms with E-state index in [0.29, 0.717) is 12.5 Å². The maximum atomic E-state index is 13.2. The number of ether oxygens (including phenoxy) is 1. The number of halogens is 1. The Bertz CT molecular complexity index is 942. The summed E-state index contributed by atoms with van der Waals surface area (Å²) in [7, 11) is 0. The van der Waals surface area contributed by atoms with Crippen LogP contribution >= 0.6 is 12.4 Å². The summed E-state index contributed by atoms with van der Waals surface area (Å²) < 4.78 is 7.69. The predicted octanol–water partition coefficient (Wildman–Crippen LogP) is 2.38. The fourth-order valence-electron chi connectivity index (χ4n) is 5.02. The Morgan fingerprint density at radius 3 is 2.67 bits per heavy atom. The van der Waals surface area contributed by atoms with Gasteiger partial charge in [-0.2, -0.15) is 0 Å². The minimum absolute atomic E-state index is 0. The summed E-state index contributed by atoms with van der Waals surface area (Å²) in [5.41, 5.74) is 2.08. The van der Waals surface area contributed by atoms with Crippen molar-refractivity contribution in [2.24, 2.45) is 5.92 Å². The number of hydrogen-bond donors (Lipinski definition) is 2. The first kappa shape index (κ1) is 21.1. The molecule has 0 radical (unpaired) electrons. The Morgan fingerprint density at radius 2 is 1.87 bits per heavy atom. The van der Waals surface area contributed by atoms with Gasteiger partial charge < -0.3 is 15.4 Å². The average Bonchev–Trinajstić information content (AvgIpc) is 2.71. The van der Waals surface area contributed by atoms with Gasteiger partial charge in [0.25, 0.3) is 5.56 Å². The molecule has 1 aromatic heterocycles. The molecule has 3 heterocycles. The van der Waals surface area contributed by atoms with Crippen LogP contribution in [0.25, 0.3) is 0 Å². The summed E-state index contributed by atoms with van der Waals surface area (Å²) in [6.45, 7) is 2.26. The molecule has 1 aliphatic carbocycles. The van der Waals surface area contributed by atoms with Gasteiger partial charge in [0, 0.05) is 42.7 Å². The van der Waals surface area contributed by atoms with Crippen molar-refractivity contribution in [2.75, 3.05) is 13.1 Å². The quantitative estimate of drug-likeness (QED) is 0.765. The number of piperidine rings is 1. The zero-order valence-electron chi connectivity index (χ0n) is 16.8. The topological polar surface area (TPSA) is 72.4 Å². The molecule has 6 nitrogen and oxygen atoms in total. The molecule has 2 fully saturated rings. The monoisotopic (exact) mass is 429 g/mol. The Hall–Kier alpha value is -2.15. The third kappa shape index (κ3) is 4.04. The summed E-state index contributed by atoms with van der Waals surface area (Å²) in [5, 5.41) is 6.62. The van der Waals surface area contributed by atoms with Crippen LogP contribution in [-0.2, 0) is 16.1 Å². The molecule has 2 bridgehead atoms. The van der Waals surface area contributed by atoms with E-state index in [1.165, 1.54) is 0 Å². The van der Waals surface area contributed by atoms with Crippen molar-refractivity contribution in [2.45, 2.75) is 50.0 Å². The number of benzene rings is 1. The highest BCUT2D eigenvalue weighted by Gasteiger charge is 2.42. The molecule has 2 aliphatic heterocycles. The van der Waals surface area contributed by atoms with E-state index in [1.54, 1.807) is 16.7 Å². The number of amides is 1. The maximum Gasteiger partial charge on any atom is 0.251 e. The van der Waals surface area contributed by atoms with Crippen LogP contribution in [0, 0.1) is 5.92 Å². The fourth-order valence-corrected chi connectivity index (χ4v) is 5.02. The molecule has 1 amide bonds. The van der Waals surface area contributed by atoms with Crippen LogP contribution in [-0.4, -0.2) is 35.7 Å².